The summed E-state index contributed by atoms with van der Waals surface area (Å²) in [5.74, 6) is 0.410. The first-order valence-electron chi connectivity index (χ1n) is 7.96. The third kappa shape index (κ3) is 4.03. The van der Waals surface area contributed by atoms with Crippen LogP contribution < -0.4 is 10.2 Å². The second-order valence-corrected chi connectivity index (χ2v) is 6.66. The number of aryl methyl sites for hydroxylation is 2. The molecule has 1 N–H and O–H groups in total. The predicted octanol–water partition coefficient (Wildman–Crippen LogP) is 3.99. The first-order chi connectivity index (χ1) is 11.6. The summed E-state index contributed by atoms with van der Waals surface area (Å²) in [7, 11) is 0. The summed E-state index contributed by atoms with van der Waals surface area (Å²) in [6, 6.07) is 13.8. The Bertz CT molecular complexity index is 787. The molecule has 0 bridgehead atoms. The van der Waals surface area contributed by atoms with Gasteiger partial charge in [0.1, 0.15) is 5.75 Å². The summed E-state index contributed by atoms with van der Waals surface area (Å²) in [4.78, 5) is 12.0. The Hall–Kier alpha value is -2.14. The molecule has 4 nitrogen and oxygen atoms in total. The van der Waals surface area contributed by atoms with E-state index in [1.54, 1.807) is 0 Å². The van der Waals surface area contributed by atoms with E-state index >= 15 is 0 Å². The van der Waals surface area contributed by atoms with Crippen molar-refractivity contribution < 1.29 is 9.53 Å². The van der Waals surface area contributed by atoms with Gasteiger partial charge in [-0.1, -0.05) is 40.2 Å². The summed E-state index contributed by atoms with van der Waals surface area (Å²) >= 11 is 3.44. The molecule has 5 heteroatoms. The van der Waals surface area contributed by atoms with Gasteiger partial charge in [-0.25, -0.2) is 5.43 Å². The average molecular weight is 387 g/mol. The summed E-state index contributed by atoms with van der Waals surface area (Å²) in [5, 5.41) is 4.30. The minimum Gasteiger partial charge on any atom is -0.484 e. The van der Waals surface area contributed by atoms with Crippen LogP contribution in [0.5, 0.6) is 5.75 Å². The van der Waals surface area contributed by atoms with Crippen LogP contribution in [0.15, 0.2) is 52.0 Å². The number of nitrogens with one attached hydrogen (secondary N) is 1. The van der Waals surface area contributed by atoms with Crippen molar-refractivity contribution in [1.82, 2.24) is 5.43 Å². The van der Waals surface area contributed by atoms with Crippen molar-refractivity contribution in [1.29, 1.82) is 0 Å². The molecule has 2 aromatic carbocycles. The molecule has 1 amide bonds. The molecular formula is C19H19BrN2O2. The first-order valence-corrected chi connectivity index (χ1v) is 8.75. The van der Waals surface area contributed by atoms with Crippen LogP contribution >= 0.6 is 15.9 Å². The molecule has 124 valence electrons. The van der Waals surface area contributed by atoms with Gasteiger partial charge in [0.05, 0.1) is 5.71 Å². The fourth-order valence-electron chi connectivity index (χ4n) is 2.73. The highest BCUT2D eigenvalue weighted by molar-refractivity contribution is 9.10. The van der Waals surface area contributed by atoms with Crippen molar-refractivity contribution >= 4 is 27.5 Å². The van der Waals surface area contributed by atoms with Crippen LogP contribution in [0.25, 0.3) is 0 Å². The fourth-order valence-corrected chi connectivity index (χ4v) is 2.98. The zero-order valence-corrected chi connectivity index (χ0v) is 15.1. The quantitative estimate of drug-likeness (QED) is 0.807. The molecule has 3 rings (SSSR count). The van der Waals surface area contributed by atoms with Gasteiger partial charge in [-0.05, 0) is 55.5 Å². The highest BCUT2D eigenvalue weighted by atomic mass is 79.9. The maximum atomic E-state index is 12.0. The van der Waals surface area contributed by atoms with Crippen LogP contribution in [-0.4, -0.2) is 18.2 Å². The van der Waals surface area contributed by atoms with Crippen LogP contribution in [0.2, 0.25) is 0 Å². The fraction of sp³-hybridized carbons (Fsp3) is 0.263. The van der Waals surface area contributed by atoms with E-state index in [-0.39, 0.29) is 12.5 Å². The SMILES string of the molecule is Cc1cc(OCC(=O)N/N=C2\CCCc3ccccc32)ccc1Br. The van der Waals surface area contributed by atoms with Gasteiger partial charge >= 0.3 is 0 Å². The van der Waals surface area contributed by atoms with Gasteiger partial charge in [0.2, 0.25) is 0 Å². The standard InChI is InChI=1S/C19H19BrN2O2/c1-13-11-15(9-10-17(13)20)24-12-19(23)22-21-18-8-4-6-14-5-2-3-7-16(14)18/h2-3,5,7,9-11H,4,6,8,12H2,1H3,(H,22,23)/b21-18+. The lowest BCUT2D eigenvalue weighted by atomic mass is 9.90. The Morgan fingerprint density at radius 2 is 2.08 bits per heavy atom. The number of ether oxygens (including phenoxy) is 1. The van der Waals surface area contributed by atoms with Crippen molar-refractivity contribution in [2.24, 2.45) is 5.10 Å². The molecule has 0 unspecified atom stereocenters. The Morgan fingerprint density at radius 3 is 2.92 bits per heavy atom. The van der Waals surface area contributed by atoms with Crippen molar-refractivity contribution in [3.05, 3.63) is 63.6 Å². The van der Waals surface area contributed by atoms with E-state index in [4.69, 9.17) is 4.74 Å². The van der Waals surface area contributed by atoms with E-state index in [0.717, 1.165) is 40.6 Å². The third-order valence-electron chi connectivity index (χ3n) is 4.00. The molecule has 0 atom stereocenters. The maximum absolute atomic E-state index is 12.0. The Balaban J connectivity index is 1.59. The Morgan fingerprint density at radius 1 is 1.25 bits per heavy atom. The monoisotopic (exact) mass is 386 g/mol. The number of amides is 1. The second-order valence-electron chi connectivity index (χ2n) is 5.80. The topological polar surface area (TPSA) is 50.7 Å². The van der Waals surface area contributed by atoms with E-state index in [2.05, 4.69) is 38.6 Å². The van der Waals surface area contributed by atoms with Crippen molar-refractivity contribution in [3.63, 3.8) is 0 Å². The number of fused-ring (bicyclic) bond motifs is 1. The minimum atomic E-state index is -0.258. The molecular weight excluding hydrogens is 368 g/mol. The lowest BCUT2D eigenvalue weighted by Crippen LogP contribution is -2.27. The molecule has 1 aliphatic rings. The molecule has 0 saturated heterocycles. The highest BCUT2D eigenvalue weighted by Gasteiger charge is 2.15. The maximum Gasteiger partial charge on any atom is 0.277 e. The summed E-state index contributed by atoms with van der Waals surface area (Å²) in [5.41, 5.74) is 7.02. The van der Waals surface area contributed by atoms with Crippen molar-refractivity contribution in [3.8, 4) is 5.75 Å². The van der Waals surface area contributed by atoms with Crippen molar-refractivity contribution in [2.75, 3.05) is 6.61 Å². The van der Waals surface area contributed by atoms with E-state index in [0.29, 0.717) is 5.75 Å². The number of nitrogens with zero attached hydrogens (tertiary/aromatic N) is 1. The van der Waals surface area contributed by atoms with E-state index in [1.165, 1.54) is 5.56 Å². The molecule has 0 saturated carbocycles. The average Bonchev–Trinajstić information content (AvgIpc) is 2.61. The van der Waals surface area contributed by atoms with E-state index in [1.807, 2.05) is 37.3 Å². The molecule has 0 spiro atoms. The van der Waals surface area contributed by atoms with Crippen molar-refractivity contribution in [2.45, 2.75) is 26.2 Å². The van der Waals surface area contributed by atoms with Crippen LogP contribution in [0.4, 0.5) is 0 Å². The second kappa shape index (κ2) is 7.62. The molecule has 0 aliphatic heterocycles. The lowest BCUT2D eigenvalue weighted by Gasteiger charge is -2.17. The first kappa shape index (κ1) is 16.7. The molecule has 2 aromatic rings. The number of hydrogen-bond acceptors (Lipinski definition) is 3. The molecule has 0 heterocycles. The largest absolute Gasteiger partial charge is 0.484 e. The third-order valence-corrected chi connectivity index (χ3v) is 4.89. The number of halogens is 1. The van der Waals surface area contributed by atoms with Crippen LogP contribution in [0, 0.1) is 6.92 Å². The molecule has 0 radical (unpaired) electrons. The van der Waals surface area contributed by atoms with Crippen LogP contribution in [0.3, 0.4) is 0 Å². The van der Waals surface area contributed by atoms with Gasteiger partial charge in [-0.15, -0.1) is 0 Å². The molecule has 0 fully saturated rings. The summed E-state index contributed by atoms with van der Waals surface area (Å²) in [6.45, 7) is 1.92. The number of hydrogen-bond donors (Lipinski definition) is 1. The minimum absolute atomic E-state index is 0.0561. The van der Waals surface area contributed by atoms with Crippen LogP contribution in [0.1, 0.15) is 29.5 Å². The van der Waals surface area contributed by atoms with Gasteiger partial charge in [-0.2, -0.15) is 5.10 Å². The smallest absolute Gasteiger partial charge is 0.277 e. The van der Waals surface area contributed by atoms with Gasteiger partial charge in [-0.3, -0.25) is 4.79 Å². The molecule has 0 aromatic heterocycles. The van der Waals surface area contributed by atoms with E-state index < -0.39 is 0 Å². The summed E-state index contributed by atoms with van der Waals surface area (Å²) in [6.07, 6.45) is 3.00. The Kier molecular flexibility index (Phi) is 5.30. The number of benzene rings is 2. The van der Waals surface area contributed by atoms with E-state index in [9.17, 15) is 4.79 Å². The van der Waals surface area contributed by atoms with Gasteiger partial charge in [0.15, 0.2) is 6.61 Å². The van der Waals surface area contributed by atoms with Crippen LogP contribution in [-0.2, 0) is 11.2 Å². The Labute approximate surface area is 150 Å². The molecule has 24 heavy (non-hydrogen) atoms. The molecule has 1 aliphatic carbocycles. The lowest BCUT2D eigenvalue weighted by molar-refractivity contribution is -0.123. The number of carbonyl (C=O) groups is 1. The van der Waals surface area contributed by atoms with Gasteiger partial charge in [0.25, 0.3) is 5.91 Å². The summed E-state index contributed by atoms with van der Waals surface area (Å²) < 4.78 is 6.53. The zero-order valence-electron chi connectivity index (χ0n) is 13.5. The van der Waals surface area contributed by atoms with Gasteiger partial charge < -0.3 is 4.74 Å². The highest BCUT2D eigenvalue weighted by Crippen LogP contribution is 2.22. The number of rotatable bonds is 4. The predicted molar refractivity (Wildman–Crippen MR) is 98.4 cm³/mol. The zero-order chi connectivity index (χ0) is 16.9. The number of hydrazone groups is 1. The normalized spacial score (nSPS) is 15.0. The van der Waals surface area contributed by atoms with Gasteiger partial charge in [0, 0.05) is 10.0 Å². The number of carbonyl (C=O) groups excluding carboxylic acids is 1.